The van der Waals surface area contributed by atoms with Crippen LogP contribution in [0.5, 0.6) is 0 Å². The second-order valence-corrected chi connectivity index (χ2v) is 6.10. The first-order valence-electron chi connectivity index (χ1n) is 8.04. The standard InChI is InChI=1S/C16H21F6N3/c1-23-14-9-12(4-5-13(14)24-7-6-15(17,18)19)25-8-2-3-11(10-25)16(20,21)22/h4-5,9,11,23-24H,2-3,6-8,10H2,1H3. The molecule has 1 aliphatic heterocycles. The van der Waals surface area contributed by atoms with E-state index < -0.39 is 24.7 Å². The van der Waals surface area contributed by atoms with Crippen LogP contribution in [0, 0.1) is 5.92 Å². The van der Waals surface area contributed by atoms with Crippen LogP contribution in [0.2, 0.25) is 0 Å². The maximum Gasteiger partial charge on any atom is 0.393 e. The molecule has 0 radical (unpaired) electrons. The molecule has 1 aromatic carbocycles. The van der Waals surface area contributed by atoms with Crippen LogP contribution in [-0.4, -0.2) is 39.0 Å². The van der Waals surface area contributed by atoms with Gasteiger partial charge in [0.25, 0.3) is 0 Å². The van der Waals surface area contributed by atoms with Crippen molar-refractivity contribution in [2.24, 2.45) is 5.92 Å². The largest absolute Gasteiger partial charge is 0.393 e. The Hall–Kier alpha value is -1.80. The summed E-state index contributed by atoms with van der Waals surface area (Å²) in [4.78, 5) is 1.67. The van der Waals surface area contributed by atoms with Gasteiger partial charge in [-0.15, -0.1) is 0 Å². The summed E-state index contributed by atoms with van der Waals surface area (Å²) in [6, 6.07) is 4.89. The van der Waals surface area contributed by atoms with Crippen molar-refractivity contribution in [3.8, 4) is 0 Å². The van der Waals surface area contributed by atoms with Crippen LogP contribution in [0.3, 0.4) is 0 Å². The number of hydrogen-bond donors (Lipinski definition) is 2. The molecule has 0 saturated carbocycles. The molecule has 0 aliphatic carbocycles. The molecular weight excluding hydrogens is 348 g/mol. The first kappa shape index (κ1) is 19.5. The fraction of sp³-hybridized carbons (Fsp3) is 0.625. The second-order valence-electron chi connectivity index (χ2n) is 6.10. The van der Waals surface area contributed by atoms with E-state index in [2.05, 4.69) is 10.6 Å². The van der Waals surface area contributed by atoms with Crippen molar-refractivity contribution in [2.45, 2.75) is 31.6 Å². The summed E-state index contributed by atoms with van der Waals surface area (Å²) in [6.07, 6.45) is -8.85. The normalized spacial score (nSPS) is 19.0. The molecular formula is C16H21F6N3. The highest BCUT2D eigenvalue weighted by atomic mass is 19.4. The number of halogens is 6. The zero-order valence-electron chi connectivity index (χ0n) is 13.8. The quantitative estimate of drug-likeness (QED) is 0.725. The van der Waals surface area contributed by atoms with Crippen molar-refractivity contribution >= 4 is 17.1 Å². The number of rotatable bonds is 5. The summed E-state index contributed by atoms with van der Waals surface area (Å²) in [5.41, 5.74) is 1.66. The van der Waals surface area contributed by atoms with Gasteiger partial charge in [-0.1, -0.05) is 0 Å². The van der Waals surface area contributed by atoms with Gasteiger partial charge in [0.15, 0.2) is 0 Å². The molecule has 1 fully saturated rings. The highest BCUT2D eigenvalue weighted by molar-refractivity contribution is 5.74. The van der Waals surface area contributed by atoms with Crippen molar-refractivity contribution in [1.82, 2.24) is 0 Å². The highest BCUT2D eigenvalue weighted by Gasteiger charge is 2.41. The summed E-state index contributed by atoms with van der Waals surface area (Å²) in [5, 5.41) is 5.57. The lowest BCUT2D eigenvalue weighted by Gasteiger charge is -2.35. The van der Waals surface area contributed by atoms with Crippen molar-refractivity contribution in [1.29, 1.82) is 0 Å². The minimum Gasteiger partial charge on any atom is -0.386 e. The molecule has 25 heavy (non-hydrogen) atoms. The molecule has 2 rings (SSSR count). The Bertz CT molecular complexity index is 570. The zero-order chi connectivity index (χ0) is 18.7. The average Bonchev–Trinajstić information content (AvgIpc) is 2.53. The molecule has 9 heteroatoms. The van der Waals surface area contributed by atoms with Gasteiger partial charge in [-0.2, -0.15) is 26.3 Å². The summed E-state index contributed by atoms with van der Waals surface area (Å²) in [5.74, 6) is -1.36. The number of alkyl halides is 6. The maximum absolute atomic E-state index is 12.9. The predicted molar refractivity (Wildman–Crippen MR) is 86.1 cm³/mol. The first-order valence-corrected chi connectivity index (χ1v) is 8.04. The molecule has 1 aliphatic rings. The number of piperidine rings is 1. The van der Waals surface area contributed by atoms with Crippen LogP contribution in [0.15, 0.2) is 18.2 Å². The van der Waals surface area contributed by atoms with Crippen molar-refractivity contribution in [3.05, 3.63) is 18.2 Å². The molecule has 0 aromatic heterocycles. The fourth-order valence-electron chi connectivity index (χ4n) is 2.91. The smallest absolute Gasteiger partial charge is 0.386 e. The SMILES string of the molecule is CNc1cc(N2CCCC(C(F)(F)F)C2)ccc1NCCC(F)(F)F. The van der Waals surface area contributed by atoms with Crippen LogP contribution in [-0.2, 0) is 0 Å². The maximum atomic E-state index is 12.9. The van der Waals surface area contributed by atoms with E-state index in [1.165, 1.54) is 0 Å². The van der Waals surface area contributed by atoms with E-state index in [1.54, 1.807) is 30.1 Å². The Kier molecular flexibility index (Phi) is 5.95. The van der Waals surface area contributed by atoms with Crippen LogP contribution in [0.25, 0.3) is 0 Å². The van der Waals surface area contributed by atoms with E-state index in [0.29, 0.717) is 30.0 Å². The number of nitrogens with one attached hydrogen (secondary N) is 2. The van der Waals surface area contributed by atoms with E-state index >= 15 is 0 Å². The molecule has 1 aromatic rings. The summed E-state index contributed by atoms with van der Waals surface area (Å²) < 4.78 is 75.5. The third-order valence-corrected chi connectivity index (χ3v) is 4.25. The summed E-state index contributed by atoms with van der Waals surface area (Å²) in [7, 11) is 1.61. The molecule has 142 valence electrons. The second kappa shape index (κ2) is 7.61. The van der Waals surface area contributed by atoms with Gasteiger partial charge in [0, 0.05) is 32.4 Å². The van der Waals surface area contributed by atoms with Gasteiger partial charge in [-0.3, -0.25) is 0 Å². The molecule has 3 nitrogen and oxygen atoms in total. The molecule has 1 unspecified atom stereocenters. The van der Waals surface area contributed by atoms with Crippen LogP contribution in [0.4, 0.5) is 43.4 Å². The first-order chi connectivity index (χ1) is 11.6. The Morgan fingerprint density at radius 2 is 1.84 bits per heavy atom. The van der Waals surface area contributed by atoms with Gasteiger partial charge >= 0.3 is 12.4 Å². The number of nitrogens with zero attached hydrogens (tertiary/aromatic N) is 1. The molecule has 0 spiro atoms. The van der Waals surface area contributed by atoms with Gasteiger partial charge in [-0.25, -0.2) is 0 Å². The third-order valence-electron chi connectivity index (χ3n) is 4.25. The number of benzene rings is 1. The molecule has 1 atom stereocenters. The molecule has 1 heterocycles. The Morgan fingerprint density at radius 3 is 2.44 bits per heavy atom. The van der Waals surface area contributed by atoms with Gasteiger partial charge < -0.3 is 15.5 Å². The topological polar surface area (TPSA) is 27.3 Å². The molecule has 0 bridgehead atoms. The minimum atomic E-state index is -4.24. The van der Waals surface area contributed by atoms with E-state index in [1.807, 2.05) is 0 Å². The van der Waals surface area contributed by atoms with Crippen molar-refractivity contribution < 1.29 is 26.3 Å². The van der Waals surface area contributed by atoms with E-state index in [-0.39, 0.29) is 19.5 Å². The lowest BCUT2D eigenvalue weighted by molar-refractivity contribution is -0.176. The van der Waals surface area contributed by atoms with Crippen LogP contribution >= 0.6 is 0 Å². The Morgan fingerprint density at radius 1 is 1.12 bits per heavy atom. The van der Waals surface area contributed by atoms with Gasteiger partial charge in [0.1, 0.15) is 0 Å². The molecule has 1 saturated heterocycles. The lowest BCUT2D eigenvalue weighted by atomic mass is 9.97. The van der Waals surface area contributed by atoms with E-state index in [4.69, 9.17) is 0 Å². The molecule has 0 amide bonds. The minimum absolute atomic E-state index is 0.104. The number of anilines is 3. The van der Waals surface area contributed by atoms with Crippen molar-refractivity contribution in [2.75, 3.05) is 42.2 Å². The highest BCUT2D eigenvalue weighted by Crippen LogP contribution is 2.36. The Labute approximate surface area is 142 Å². The van der Waals surface area contributed by atoms with E-state index in [0.717, 1.165) is 0 Å². The fourth-order valence-corrected chi connectivity index (χ4v) is 2.91. The predicted octanol–water partition coefficient (Wildman–Crippen LogP) is 4.87. The van der Waals surface area contributed by atoms with Gasteiger partial charge in [-0.05, 0) is 31.0 Å². The van der Waals surface area contributed by atoms with Crippen molar-refractivity contribution in [3.63, 3.8) is 0 Å². The lowest BCUT2D eigenvalue weighted by Crippen LogP contribution is -2.41. The van der Waals surface area contributed by atoms with Crippen LogP contribution < -0.4 is 15.5 Å². The Balaban J connectivity index is 2.07. The summed E-state index contributed by atoms with van der Waals surface area (Å²) in [6.45, 7) is 0.154. The zero-order valence-corrected chi connectivity index (χ0v) is 13.8. The van der Waals surface area contributed by atoms with E-state index in [9.17, 15) is 26.3 Å². The number of hydrogen-bond acceptors (Lipinski definition) is 3. The third kappa shape index (κ3) is 5.61. The van der Waals surface area contributed by atoms with Gasteiger partial charge in [0.05, 0.1) is 23.7 Å². The average molecular weight is 369 g/mol. The molecule has 2 N–H and O–H groups in total. The van der Waals surface area contributed by atoms with Gasteiger partial charge in [0.2, 0.25) is 0 Å². The monoisotopic (exact) mass is 369 g/mol. The van der Waals surface area contributed by atoms with Crippen LogP contribution in [0.1, 0.15) is 19.3 Å². The summed E-state index contributed by atoms with van der Waals surface area (Å²) >= 11 is 0.